The number of primary sulfonamides is 1. The van der Waals surface area contributed by atoms with Crippen molar-refractivity contribution in [3.63, 3.8) is 0 Å². The van der Waals surface area contributed by atoms with E-state index in [0.29, 0.717) is 30.0 Å². The predicted octanol–water partition coefficient (Wildman–Crippen LogP) is 1.63. The van der Waals surface area contributed by atoms with Crippen LogP contribution >= 0.6 is 0 Å². The van der Waals surface area contributed by atoms with Crippen LogP contribution in [0.5, 0.6) is 11.5 Å². The van der Waals surface area contributed by atoms with Crippen molar-refractivity contribution in [3.05, 3.63) is 53.1 Å². The Morgan fingerprint density at radius 1 is 1.08 bits per heavy atom. The summed E-state index contributed by atoms with van der Waals surface area (Å²) in [5, 5.41) is 7.89. The molecule has 0 saturated carbocycles. The van der Waals surface area contributed by atoms with Crippen molar-refractivity contribution in [2.75, 3.05) is 20.8 Å². The molecule has 8 heteroatoms. The SMILES string of the molecule is COc1cc(C(=O)NCCc2ccc(S(N)(=O)=O)cc2)cc(OC)c1C. The van der Waals surface area contributed by atoms with E-state index in [4.69, 9.17) is 14.6 Å². The highest BCUT2D eigenvalue weighted by Crippen LogP contribution is 2.29. The van der Waals surface area contributed by atoms with Crippen LogP contribution in [0.2, 0.25) is 0 Å². The van der Waals surface area contributed by atoms with Gasteiger partial charge in [-0.15, -0.1) is 0 Å². The van der Waals surface area contributed by atoms with E-state index in [1.54, 1.807) is 24.3 Å². The van der Waals surface area contributed by atoms with E-state index in [1.165, 1.54) is 26.4 Å². The topological polar surface area (TPSA) is 108 Å². The zero-order valence-electron chi connectivity index (χ0n) is 14.9. The summed E-state index contributed by atoms with van der Waals surface area (Å²) in [6, 6.07) is 9.56. The van der Waals surface area contributed by atoms with Gasteiger partial charge in [-0.1, -0.05) is 12.1 Å². The Labute approximate surface area is 153 Å². The quantitative estimate of drug-likeness (QED) is 0.761. The van der Waals surface area contributed by atoms with Gasteiger partial charge in [0.25, 0.3) is 5.91 Å². The number of benzene rings is 2. The number of methoxy groups -OCH3 is 2. The molecule has 7 nitrogen and oxygen atoms in total. The number of nitrogens with two attached hydrogens (primary N) is 1. The number of rotatable bonds is 7. The number of amides is 1. The third kappa shape index (κ3) is 4.74. The molecule has 0 aliphatic carbocycles. The van der Waals surface area contributed by atoms with Gasteiger partial charge in [0.05, 0.1) is 19.1 Å². The van der Waals surface area contributed by atoms with Crippen LogP contribution in [0.15, 0.2) is 41.3 Å². The maximum atomic E-state index is 12.4. The summed E-state index contributed by atoms with van der Waals surface area (Å²) in [6.45, 7) is 2.25. The number of ether oxygens (including phenoxy) is 2. The second-order valence-corrected chi connectivity index (χ2v) is 7.26. The van der Waals surface area contributed by atoms with E-state index >= 15 is 0 Å². The fourth-order valence-corrected chi connectivity index (χ4v) is 3.00. The van der Waals surface area contributed by atoms with E-state index in [9.17, 15) is 13.2 Å². The molecule has 0 radical (unpaired) electrons. The maximum absolute atomic E-state index is 12.4. The molecule has 1 amide bonds. The van der Waals surface area contributed by atoms with E-state index < -0.39 is 10.0 Å². The van der Waals surface area contributed by atoms with Crippen molar-refractivity contribution in [2.45, 2.75) is 18.2 Å². The first-order valence-corrected chi connectivity index (χ1v) is 9.43. The summed E-state index contributed by atoms with van der Waals surface area (Å²) in [7, 11) is -0.627. The van der Waals surface area contributed by atoms with E-state index in [-0.39, 0.29) is 10.8 Å². The predicted molar refractivity (Wildman–Crippen MR) is 98.1 cm³/mol. The van der Waals surface area contributed by atoms with Crippen molar-refractivity contribution in [2.24, 2.45) is 5.14 Å². The Balaban J connectivity index is 2.01. The fourth-order valence-electron chi connectivity index (χ4n) is 2.49. The van der Waals surface area contributed by atoms with Crippen LogP contribution in [0, 0.1) is 6.92 Å². The molecule has 2 aromatic carbocycles. The molecule has 0 aliphatic rings. The molecule has 0 heterocycles. The van der Waals surface area contributed by atoms with Gasteiger partial charge in [0, 0.05) is 17.7 Å². The minimum Gasteiger partial charge on any atom is -0.496 e. The van der Waals surface area contributed by atoms with Gasteiger partial charge < -0.3 is 14.8 Å². The van der Waals surface area contributed by atoms with Crippen LogP contribution in [-0.4, -0.2) is 35.1 Å². The van der Waals surface area contributed by atoms with Crippen LogP contribution in [0.25, 0.3) is 0 Å². The lowest BCUT2D eigenvalue weighted by atomic mass is 10.1. The van der Waals surface area contributed by atoms with E-state index in [2.05, 4.69) is 5.32 Å². The lowest BCUT2D eigenvalue weighted by molar-refractivity contribution is 0.0953. The molecule has 0 bridgehead atoms. The molecule has 0 unspecified atom stereocenters. The normalized spacial score (nSPS) is 11.1. The Morgan fingerprint density at radius 2 is 1.62 bits per heavy atom. The van der Waals surface area contributed by atoms with Gasteiger partial charge in [0.2, 0.25) is 10.0 Å². The lowest BCUT2D eigenvalue weighted by Gasteiger charge is -2.12. The summed E-state index contributed by atoms with van der Waals surface area (Å²) in [6.07, 6.45) is 0.552. The molecular weight excluding hydrogens is 356 g/mol. The monoisotopic (exact) mass is 378 g/mol. The summed E-state index contributed by atoms with van der Waals surface area (Å²) >= 11 is 0. The van der Waals surface area contributed by atoms with Gasteiger partial charge in [0.15, 0.2) is 0 Å². The van der Waals surface area contributed by atoms with Gasteiger partial charge in [-0.25, -0.2) is 13.6 Å². The smallest absolute Gasteiger partial charge is 0.251 e. The van der Waals surface area contributed by atoms with Crippen molar-refractivity contribution in [3.8, 4) is 11.5 Å². The molecule has 0 aromatic heterocycles. The Morgan fingerprint density at radius 3 is 2.08 bits per heavy atom. The number of carbonyl (C=O) groups excluding carboxylic acids is 1. The van der Waals surface area contributed by atoms with Crippen molar-refractivity contribution >= 4 is 15.9 Å². The molecular formula is C18H22N2O5S. The average Bonchev–Trinajstić information content (AvgIpc) is 2.61. The number of carbonyl (C=O) groups is 1. The summed E-state index contributed by atoms with van der Waals surface area (Å²) < 4.78 is 33.0. The first-order valence-electron chi connectivity index (χ1n) is 7.89. The molecule has 140 valence electrons. The van der Waals surface area contributed by atoms with E-state index in [1.807, 2.05) is 6.92 Å². The van der Waals surface area contributed by atoms with Crippen LogP contribution in [0.1, 0.15) is 21.5 Å². The van der Waals surface area contributed by atoms with Crippen molar-refractivity contribution in [1.82, 2.24) is 5.32 Å². The third-order valence-electron chi connectivity index (χ3n) is 3.97. The molecule has 26 heavy (non-hydrogen) atoms. The highest BCUT2D eigenvalue weighted by molar-refractivity contribution is 7.89. The van der Waals surface area contributed by atoms with E-state index in [0.717, 1.165) is 11.1 Å². The Kier molecular flexibility index (Phi) is 6.23. The first kappa shape index (κ1) is 19.7. The highest BCUT2D eigenvalue weighted by atomic mass is 32.2. The standard InChI is InChI=1S/C18H22N2O5S/c1-12-16(24-2)10-14(11-17(12)25-3)18(21)20-9-8-13-4-6-15(7-5-13)26(19,22)23/h4-7,10-11H,8-9H2,1-3H3,(H,20,21)(H2,19,22,23). The second-order valence-electron chi connectivity index (χ2n) is 5.70. The zero-order valence-corrected chi connectivity index (χ0v) is 15.7. The Hall–Kier alpha value is -2.58. The largest absolute Gasteiger partial charge is 0.496 e. The molecule has 0 aliphatic heterocycles. The second kappa shape index (κ2) is 8.20. The van der Waals surface area contributed by atoms with Crippen molar-refractivity contribution < 1.29 is 22.7 Å². The van der Waals surface area contributed by atoms with Gasteiger partial charge in [-0.2, -0.15) is 0 Å². The summed E-state index contributed by atoms with van der Waals surface area (Å²) in [4.78, 5) is 12.4. The van der Waals surface area contributed by atoms with Crippen LogP contribution in [-0.2, 0) is 16.4 Å². The number of hydrogen-bond acceptors (Lipinski definition) is 5. The van der Waals surface area contributed by atoms with Gasteiger partial charge in [-0.3, -0.25) is 4.79 Å². The van der Waals surface area contributed by atoms with Gasteiger partial charge in [0.1, 0.15) is 11.5 Å². The number of hydrogen-bond donors (Lipinski definition) is 2. The summed E-state index contributed by atoms with van der Waals surface area (Å²) in [5.74, 6) is 0.906. The molecule has 0 atom stereocenters. The summed E-state index contributed by atoms with van der Waals surface area (Å²) in [5.41, 5.74) is 2.15. The number of nitrogens with one attached hydrogen (secondary N) is 1. The van der Waals surface area contributed by atoms with Crippen LogP contribution in [0.3, 0.4) is 0 Å². The maximum Gasteiger partial charge on any atom is 0.251 e. The van der Waals surface area contributed by atoms with Crippen LogP contribution in [0.4, 0.5) is 0 Å². The lowest BCUT2D eigenvalue weighted by Crippen LogP contribution is -2.25. The molecule has 2 aromatic rings. The zero-order chi connectivity index (χ0) is 19.3. The third-order valence-corrected chi connectivity index (χ3v) is 4.89. The van der Waals surface area contributed by atoms with Crippen molar-refractivity contribution in [1.29, 1.82) is 0 Å². The molecule has 3 N–H and O–H groups in total. The highest BCUT2D eigenvalue weighted by Gasteiger charge is 2.13. The molecule has 0 fully saturated rings. The fraction of sp³-hybridized carbons (Fsp3) is 0.278. The Bertz CT molecular complexity index is 867. The molecule has 0 saturated heterocycles. The minimum absolute atomic E-state index is 0.0594. The number of sulfonamides is 1. The average molecular weight is 378 g/mol. The first-order chi connectivity index (χ1) is 12.3. The minimum atomic E-state index is -3.70. The van der Waals surface area contributed by atoms with Gasteiger partial charge >= 0.3 is 0 Å². The van der Waals surface area contributed by atoms with Gasteiger partial charge in [-0.05, 0) is 43.2 Å². The van der Waals surface area contributed by atoms with Crippen LogP contribution < -0.4 is 19.9 Å². The molecule has 2 rings (SSSR count). The molecule has 0 spiro atoms.